The van der Waals surface area contributed by atoms with Crippen LogP contribution in [0.15, 0.2) is 47.1 Å². The summed E-state index contributed by atoms with van der Waals surface area (Å²) >= 11 is 1.32. The number of hydrogen-bond acceptors (Lipinski definition) is 6. The van der Waals surface area contributed by atoms with Crippen LogP contribution in [0.4, 0.5) is 5.69 Å². The molecule has 4 rings (SSSR count). The van der Waals surface area contributed by atoms with E-state index in [1.807, 2.05) is 27.7 Å². The summed E-state index contributed by atoms with van der Waals surface area (Å²) in [5.41, 5.74) is 2.75. The normalized spacial score (nSPS) is 11.0. The fourth-order valence-corrected chi connectivity index (χ4v) is 4.81. The fourth-order valence-electron chi connectivity index (χ4n) is 3.68. The zero-order valence-electron chi connectivity index (χ0n) is 18.4. The number of furan rings is 1. The van der Waals surface area contributed by atoms with Gasteiger partial charge in [-0.3, -0.25) is 9.59 Å². The second-order valence-corrected chi connectivity index (χ2v) is 8.36. The maximum absolute atomic E-state index is 13.1. The van der Waals surface area contributed by atoms with Gasteiger partial charge in [-0.05, 0) is 63.6 Å². The third kappa shape index (κ3) is 4.01. The zero-order chi connectivity index (χ0) is 22.8. The molecule has 8 heteroatoms. The maximum atomic E-state index is 13.1. The summed E-state index contributed by atoms with van der Waals surface area (Å²) in [5.74, 6) is 0.787. The first-order chi connectivity index (χ1) is 15.4. The van der Waals surface area contributed by atoms with Gasteiger partial charge < -0.3 is 14.6 Å². The molecule has 2 amide bonds. The van der Waals surface area contributed by atoms with Crippen molar-refractivity contribution in [1.29, 1.82) is 0 Å². The Labute approximate surface area is 190 Å². The molecule has 0 unspecified atom stereocenters. The van der Waals surface area contributed by atoms with Gasteiger partial charge >= 0.3 is 0 Å². The Balaban J connectivity index is 1.63. The molecule has 4 aromatic rings. The Morgan fingerprint density at radius 2 is 1.88 bits per heavy atom. The lowest BCUT2D eigenvalue weighted by Gasteiger charge is -2.19. The highest BCUT2D eigenvalue weighted by atomic mass is 32.1. The van der Waals surface area contributed by atoms with Crippen molar-refractivity contribution >= 4 is 39.1 Å². The summed E-state index contributed by atoms with van der Waals surface area (Å²) < 4.78 is 5.42. The number of rotatable bonds is 6. The van der Waals surface area contributed by atoms with Gasteiger partial charge in [-0.1, -0.05) is 6.07 Å². The van der Waals surface area contributed by atoms with Crippen molar-refractivity contribution in [2.24, 2.45) is 0 Å². The zero-order valence-corrected chi connectivity index (χ0v) is 19.2. The number of hydrogen-bond donors (Lipinski definition) is 1. The van der Waals surface area contributed by atoms with Crippen molar-refractivity contribution in [3.63, 3.8) is 0 Å². The fraction of sp³-hybridized carbons (Fsp3) is 0.250. The molecule has 7 nitrogen and oxygen atoms in total. The largest absolute Gasteiger partial charge is 0.461 e. The minimum absolute atomic E-state index is 0.0551. The maximum Gasteiger partial charge on any atom is 0.266 e. The molecule has 0 bridgehead atoms. The van der Waals surface area contributed by atoms with Crippen LogP contribution in [0.2, 0.25) is 0 Å². The minimum Gasteiger partial charge on any atom is -0.461 e. The van der Waals surface area contributed by atoms with E-state index in [-0.39, 0.29) is 11.8 Å². The predicted molar refractivity (Wildman–Crippen MR) is 126 cm³/mol. The van der Waals surface area contributed by atoms with E-state index in [2.05, 4.69) is 15.3 Å². The van der Waals surface area contributed by atoms with Crippen molar-refractivity contribution in [1.82, 2.24) is 14.9 Å². The first-order valence-corrected chi connectivity index (χ1v) is 11.3. The van der Waals surface area contributed by atoms with E-state index in [1.165, 1.54) is 11.3 Å². The molecule has 0 saturated carbocycles. The molecule has 0 atom stereocenters. The van der Waals surface area contributed by atoms with Crippen LogP contribution >= 0.6 is 11.3 Å². The van der Waals surface area contributed by atoms with Crippen molar-refractivity contribution in [2.45, 2.75) is 27.7 Å². The molecule has 1 aromatic carbocycles. The highest BCUT2D eigenvalue weighted by Gasteiger charge is 2.21. The van der Waals surface area contributed by atoms with Gasteiger partial charge in [0.05, 0.1) is 16.8 Å². The highest BCUT2D eigenvalue weighted by Crippen LogP contribution is 2.33. The number of fused-ring (bicyclic) bond motifs is 1. The first-order valence-electron chi connectivity index (χ1n) is 10.4. The number of aromatic nitrogens is 2. The molecular formula is C24H24N4O3S. The third-order valence-corrected chi connectivity index (χ3v) is 6.52. The molecule has 0 aliphatic heterocycles. The second-order valence-electron chi connectivity index (χ2n) is 7.36. The molecular weight excluding hydrogens is 424 g/mol. The molecule has 0 radical (unpaired) electrons. The van der Waals surface area contributed by atoms with Crippen molar-refractivity contribution in [3.8, 4) is 11.6 Å². The smallest absolute Gasteiger partial charge is 0.266 e. The van der Waals surface area contributed by atoms with Gasteiger partial charge in [0, 0.05) is 29.7 Å². The van der Waals surface area contributed by atoms with E-state index in [1.54, 1.807) is 47.6 Å². The number of benzene rings is 1. The van der Waals surface area contributed by atoms with E-state index in [0.29, 0.717) is 40.8 Å². The van der Waals surface area contributed by atoms with Crippen LogP contribution in [0.25, 0.3) is 21.8 Å². The Hall–Kier alpha value is -3.52. The Morgan fingerprint density at radius 3 is 2.56 bits per heavy atom. The topological polar surface area (TPSA) is 88.3 Å². The first kappa shape index (κ1) is 21.7. The molecule has 3 heterocycles. The number of carbonyl (C=O) groups is 2. The monoisotopic (exact) mass is 448 g/mol. The number of nitrogens with zero attached hydrogens (tertiary/aromatic N) is 3. The lowest BCUT2D eigenvalue weighted by Crippen LogP contribution is -2.30. The highest BCUT2D eigenvalue weighted by molar-refractivity contribution is 7.20. The summed E-state index contributed by atoms with van der Waals surface area (Å²) in [6, 6.07) is 10.6. The number of anilines is 1. The molecule has 3 aromatic heterocycles. The van der Waals surface area contributed by atoms with Gasteiger partial charge in [-0.2, -0.15) is 0 Å². The van der Waals surface area contributed by atoms with Gasteiger partial charge in [0.1, 0.15) is 4.83 Å². The molecule has 0 aliphatic carbocycles. The van der Waals surface area contributed by atoms with Gasteiger partial charge in [0.25, 0.3) is 11.8 Å². The average molecular weight is 449 g/mol. The number of amides is 2. The lowest BCUT2D eigenvalue weighted by molar-refractivity contribution is 0.0772. The van der Waals surface area contributed by atoms with Gasteiger partial charge in [-0.25, -0.2) is 9.97 Å². The summed E-state index contributed by atoms with van der Waals surface area (Å²) in [6.07, 6.45) is 1.58. The lowest BCUT2D eigenvalue weighted by atomic mass is 10.1. The van der Waals surface area contributed by atoms with Crippen LogP contribution in [-0.4, -0.2) is 39.8 Å². The average Bonchev–Trinajstić information content (AvgIpc) is 3.43. The summed E-state index contributed by atoms with van der Waals surface area (Å²) in [5, 5.41) is 3.80. The van der Waals surface area contributed by atoms with Crippen LogP contribution in [0.1, 0.15) is 45.1 Å². The molecule has 0 fully saturated rings. The van der Waals surface area contributed by atoms with Crippen molar-refractivity contribution in [3.05, 3.63) is 64.4 Å². The van der Waals surface area contributed by atoms with Crippen LogP contribution in [0.5, 0.6) is 0 Å². The Morgan fingerprint density at radius 1 is 1.09 bits per heavy atom. The van der Waals surface area contributed by atoms with Crippen LogP contribution in [0, 0.1) is 13.8 Å². The van der Waals surface area contributed by atoms with Crippen LogP contribution in [0.3, 0.4) is 0 Å². The van der Waals surface area contributed by atoms with E-state index in [9.17, 15) is 9.59 Å². The van der Waals surface area contributed by atoms with Crippen LogP contribution < -0.4 is 5.32 Å². The number of aryl methyl sites for hydroxylation is 2. The van der Waals surface area contributed by atoms with Gasteiger partial charge in [0.15, 0.2) is 11.6 Å². The summed E-state index contributed by atoms with van der Waals surface area (Å²) in [6.45, 7) is 8.95. The number of carbonyl (C=O) groups excluding carboxylic acids is 2. The Kier molecular flexibility index (Phi) is 6.05. The molecule has 0 aliphatic rings. The number of thiophene rings is 1. The van der Waals surface area contributed by atoms with E-state index in [4.69, 9.17) is 4.42 Å². The minimum atomic E-state index is -0.239. The molecule has 164 valence electrons. The molecule has 0 spiro atoms. The second kappa shape index (κ2) is 8.92. The third-order valence-electron chi connectivity index (χ3n) is 5.34. The molecule has 32 heavy (non-hydrogen) atoms. The standard InChI is InChI=1S/C24H24N4O3S/c1-5-28(6-2)24(30)16-9-7-10-17(13-16)26-22(29)20-14(3)19-15(4)25-21(27-23(19)32-20)18-11-8-12-31-18/h7-13H,5-6H2,1-4H3,(H,26,29). The Bertz CT molecular complexity index is 1290. The van der Waals surface area contributed by atoms with Crippen molar-refractivity contribution in [2.75, 3.05) is 18.4 Å². The van der Waals surface area contributed by atoms with Crippen molar-refractivity contribution < 1.29 is 14.0 Å². The molecule has 1 N–H and O–H groups in total. The SMILES string of the molecule is CCN(CC)C(=O)c1cccc(NC(=O)c2sc3nc(-c4ccco4)nc(C)c3c2C)c1. The van der Waals surface area contributed by atoms with Gasteiger partial charge in [0.2, 0.25) is 0 Å². The van der Waals surface area contributed by atoms with E-state index < -0.39 is 0 Å². The quantitative estimate of drug-likeness (QED) is 0.432. The van der Waals surface area contributed by atoms with Gasteiger partial charge in [-0.15, -0.1) is 11.3 Å². The predicted octanol–water partition coefficient (Wildman–Crippen LogP) is 5.30. The molecule has 0 saturated heterocycles. The van der Waals surface area contributed by atoms with E-state index >= 15 is 0 Å². The number of nitrogens with one attached hydrogen (secondary N) is 1. The van der Waals surface area contributed by atoms with E-state index in [0.717, 1.165) is 21.5 Å². The summed E-state index contributed by atoms with van der Waals surface area (Å²) in [7, 11) is 0. The summed E-state index contributed by atoms with van der Waals surface area (Å²) in [4.78, 5) is 37.9. The van der Waals surface area contributed by atoms with Crippen LogP contribution in [-0.2, 0) is 0 Å².